The van der Waals surface area contributed by atoms with Crippen molar-refractivity contribution in [2.24, 2.45) is 7.05 Å². The number of carbonyl (C=O) groups is 1. The molecule has 0 saturated carbocycles. The summed E-state index contributed by atoms with van der Waals surface area (Å²) in [4.78, 5) is 15.2. The van der Waals surface area contributed by atoms with Gasteiger partial charge in [-0.25, -0.2) is 4.98 Å². The molecule has 106 valence electrons. The first-order valence-corrected chi connectivity index (χ1v) is 7.20. The van der Waals surface area contributed by atoms with E-state index in [1.54, 1.807) is 0 Å². The van der Waals surface area contributed by atoms with Gasteiger partial charge in [0.25, 0.3) is 0 Å². The van der Waals surface area contributed by atoms with Crippen LogP contribution < -0.4 is 0 Å². The molecule has 0 aliphatic heterocycles. The summed E-state index contributed by atoms with van der Waals surface area (Å²) in [5.41, 5.74) is 4.26. The van der Waals surface area contributed by atoms with Gasteiger partial charge in [-0.3, -0.25) is 4.79 Å². The second-order valence-electron chi connectivity index (χ2n) is 4.87. The molecular weight excluding hydrogens is 320 g/mol. The number of carboxylic acids is 1. The molecule has 0 saturated heterocycles. The number of nitrogens with zero attached hydrogens (tertiary/aromatic N) is 2. The summed E-state index contributed by atoms with van der Waals surface area (Å²) in [7, 11) is 1.94. The highest BCUT2D eigenvalue weighted by Gasteiger charge is 2.15. The topological polar surface area (TPSA) is 55.1 Å². The zero-order valence-electron chi connectivity index (χ0n) is 11.8. The summed E-state index contributed by atoms with van der Waals surface area (Å²) in [6.07, 6.45) is 0.543. The molecule has 2 aromatic rings. The van der Waals surface area contributed by atoms with Crippen molar-refractivity contribution in [2.75, 3.05) is 0 Å². The van der Waals surface area contributed by atoms with Crippen LogP contribution in [0.2, 0.25) is 0 Å². The molecule has 0 unspecified atom stereocenters. The summed E-state index contributed by atoms with van der Waals surface area (Å²) < 4.78 is 3.01. The molecule has 0 aliphatic carbocycles. The Morgan fingerprint density at radius 3 is 2.75 bits per heavy atom. The predicted molar refractivity (Wildman–Crippen MR) is 81.8 cm³/mol. The summed E-state index contributed by atoms with van der Waals surface area (Å²) in [5, 5.41) is 8.80. The largest absolute Gasteiger partial charge is 0.481 e. The van der Waals surface area contributed by atoms with Gasteiger partial charge in [0.15, 0.2) is 0 Å². The zero-order valence-corrected chi connectivity index (χ0v) is 13.4. The van der Waals surface area contributed by atoms with E-state index in [9.17, 15) is 4.79 Å². The smallest absolute Gasteiger partial charge is 0.303 e. The molecule has 20 heavy (non-hydrogen) atoms. The van der Waals surface area contributed by atoms with Crippen LogP contribution >= 0.6 is 15.9 Å². The summed E-state index contributed by atoms with van der Waals surface area (Å²) in [6.45, 7) is 4.02. The Hall–Kier alpha value is -1.62. The molecule has 0 spiro atoms. The Labute approximate surface area is 126 Å². The fourth-order valence-corrected chi connectivity index (χ4v) is 2.72. The molecule has 1 N–H and O–H groups in total. The molecular formula is C15H17BrN2O2. The fourth-order valence-electron chi connectivity index (χ4n) is 2.36. The number of benzene rings is 1. The lowest BCUT2D eigenvalue weighted by Gasteiger charge is -2.10. The van der Waals surface area contributed by atoms with Gasteiger partial charge in [0.1, 0.15) is 5.82 Å². The Morgan fingerprint density at radius 1 is 1.40 bits per heavy atom. The highest BCUT2D eigenvalue weighted by atomic mass is 79.9. The van der Waals surface area contributed by atoms with E-state index < -0.39 is 5.97 Å². The third-order valence-electron chi connectivity index (χ3n) is 3.38. The lowest BCUT2D eigenvalue weighted by Crippen LogP contribution is -2.04. The lowest BCUT2D eigenvalue weighted by atomic mass is 10.0. The lowest BCUT2D eigenvalue weighted by molar-refractivity contribution is -0.137. The summed E-state index contributed by atoms with van der Waals surface area (Å²) in [5.74, 6) is 0.00474. The van der Waals surface area contributed by atoms with E-state index in [0.29, 0.717) is 6.42 Å². The van der Waals surface area contributed by atoms with Crippen LogP contribution in [-0.4, -0.2) is 20.6 Å². The molecule has 0 bridgehead atoms. The maximum absolute atomic E-state index is 10.7. The second kappa shape index (κ2) is 5.79. The third kappa shape index (κ3) is 2.93. The highest BCUT2D eigenvalue weighted by molar-refractivity contribution is 9.10. The normalized spacial score (nSPS) is 10.8. The van der Waals surface area contributed by atoms with Crippen LogP contribution in [0, 0.1) is 13.8 Å². The number of imidazole rings is 1. The number of hydrogen-bond donors (Lipinski definition) is 1. The van der Waals surface area contributed by atoms with Crippen molar-refractivity contribution in [1.29, 1.82) is 0 Å². The van der Waals surface area contributed by atoms with Gasteiger partial charge in [-0.1, -0.05) is 22.0 Å². The van der Waals surface area contributed by atoms with E-state index >= 15 is 0 Å². The van der Waals surface area contributed by atoms with Crippen molar-refractivity contribution in [2.45, 2.75) is 26.7 Å². The molecule has 2 rings (SSSR count). The average molecular weight is 337 g/mol. The average Bonchev–Trinajstić information content (AvgIpc) is 2.65. The predicted octanol–water partition coefficient (Wildman–Crippen LogP) is 3.48. The van der Waals surface area contributed by atoms with Crippen LogP contribution in [0.4, 0.5) is 0 Å². The van der Waals surface area contributed by atoms with Gasteiger partial charge in [-0.05, 0) is 31.5 Å². The van der Waals surface area contributed by atoms with Crippen molar-refractivity contribution in [3.8, 4) is 11.3 Å². The second-order valence-corrected chi connectivity index (χ2v) is 5.79. The van der Waals surface area contributed by atoms with Crippen LogP contribution in [0.15, 0.2) is 22.7 Å². The van der Waals surface area contributed by atoms with Crippen molar-refractivity contribution < 1.29 is 9.90 Å². The van der Waals surface area contributed by atoms with E-state index in [0.717, 1.165) is 27.2 Å². The zero-order chi connectivity index (χ0) is 14.9. The van der Waals surface area contributed by atoms with Crippen molar-refractivity contribution in [3.05, 3.63) is 39.8 Å². The minimum Gasteiger partial charge on any atom is -0.481 e. The van der Waals surface area contributed by atoms with E-state index in [4.69, 9.17) is 5.11 Å². The Balaban J connectivity index is 2.47. The van der Waals surface area contributed by atoms with Gasteiger partial charge >= 0.3 is 5.97 Å². The first-order valence-electron chi connectivity index (χ1n) is 6.40. The molecule has 0 radical (unpaired) electrons. The van der Waals surface area contributed by atoms with Crippen molar-refractivity contribution >= 4 is 21.9 Å². The molecule has 0 fully saturated rings. The van der Waals surface area contributed by atoms with E-state index in [1.807, 2.05) is 24.6 Å². The number of rotatable bonds is 4. The monoisotopic (exact) mass is 336 g/mol. The maximum Gasteiger partial charge on any atom is 0.303 e. The Kier molecular flexibility index (Phi) is 4.28. The van der Waals surface area contributed by atoms with E-state index in [2.05, 4.69) is 40.0 Å². The molecule has 1 aromatic carbocycles. The van der Waals surface area contributed by atoms with Gasteiger partial charge in [-0.2, -0.15) is 0 Å². The van der Waals surface area contributed by atoms with E-state index in [1.165, 1.54) is 5.56 Å². The Bertz CT molecular complexity index is 662. The van der Waals surface area contributed by atoms with Crippen LogP contribution in [0.3, 0.4) is 0 Å². The van der Waals surface area contributed by atoms with Gasteiger partial charge in [0.05, 0.1) is 17.8 Å². The van der Waals surface area contributed by atoms with Gasteiger partial charge < -0.3 is 9.67 Å². The number of aliphatic carboxylic acids is 1. The summed E-state index contributed by atoms with van der Waals surface area (Å²) in [6, 6.07) is 6.14. The van der Waals surface area contributed by atoms with Crippen LogP contribution in [0.1, 0.15) is 23.5 Å². The quantitative estimate of drug-likeness (QED) is 0.929. The Morgan fingerprint density at radius 2 is 2.10 bits per heavy atom. The number of carboxylic acid groups (broad SMARTS) is 1. The van der Waals surface area contributed by atoms with Gasteiger partial charge in [0, 0.05) is 23.5 Å². The molecule has 0 atom stereocenters. The van der Waals surface area contributed by atoms with Crippen molar-refractivity contribution in [1.82, 2.24) is 9.55 Å². The molecule has 1 aromatic heterocycles. The summed E-state index contributed by atoms with van der Waals surface area (Å²) >= 11 is 3.49. The molecule has 0 aliphatic rings. The van der Waals surface area contributed by atoms with Crippen molar-refractivity contribution in [3.63, 3.8) is 0 Å². The standard InChI is InChI=1S/C15H17BrN2O2/c1-9-4-5-11(16)8-12(9)15-10(2)17-13(18(15)3)6-7-14(19)20/h4-5,8H,6-7H2,1-3H3,(H,19,20). The van der Waals surface area contributed by atoms with E-state index in [-0.39, 0.29) is 6.42 Å². The maximum atomic E-state index is 10.7. The van der Waals surface area contributed by atoms with Gasteiger partial charge in [0.2, 0.25) is 0 Å². The molecule has 0 amide bonds. The molecule has 4 nitrogen and oxygen atoms in total. The highest BCUT2D eigenvalue weighted by Crippen LogP contribution is 2.29. The first kappa shape index (κ1) is 14.8. The minimum atomic E-state index is -0.800. The number of aromatic nitrogens is 2. The number of aryl methyl sites for hydroxylation is 3. The van der Waals surface area contributed by atoms with Crippen LogP contribution in [-0.2, 0) is 18.3 Å². The minimum absolute atomic E-state index is 0.0984. The molecule has 1 heterocycles. The number of hydrogen-bond acceptors (Lipinski definition) is 2. The SMILES string of the molecule is Cc1ccc(Br)cc1-c1c(C)nc(CCC(=O)O)n1C. The number of halogens is 1. The van der Waals surface area contributed by atoms with Crippen LogP contribution in [0.25, 0.3) is 11.3 Å². The van der Waals surface area contributed by atoms with Crippen LogP contribution in [0.5, 0.6) is 0 Å². The first-order chi connectivity index (χ1) is 9.40. The fraction of sp³-hybridized carbons (Fsp3) is 0.333. The molecule has 5 heteroatoms. The van der Waals surface area contributed by atoms with Gasteiger partial charge in [-0.15, -0.1) is 0 Å². The third-order valence-corrected chi connectivity index (χ3v) is 3.87.